The van der Waals surface area contributed by atoms with E-state index in [1.807, 2.05) is 19.1 Å². The molecule has 1 unspecified atom stereocenters. The van der Waals surface area contributed by atoms with E-state index in [0.717, 1.165) is 44.6 Å². The molecule has 10 heteroatoms. The van der Waals surface area contributed by atoms with Gasteiger partial charge in [-0.25, -0.2) is 4.98 Å². The predicted molar refractivity (Wildman–Crippen MR) is 140 cm³/mol. The van der Waals surface area contributed by atoms with Crippen molar-refractivity contribution < 1.29 is 9.90 Å². The average Bonchev–Trinajstić information content (AvgIpc) is 2.74. The number of nitrogens with one attached hydrogen (secondary N) is 1. The molecule has 1 saturated carbocycles. The first-order valence-corrected chi connectivity index (χ1v) is 13.4. The molecule has 1 aromatic carbocycles. The first kappa shape index (κ1) is 24.9. The summed E-state index contributed by atoms with van der Waals surface area (Å²) >= 11 is 18.8. The van der Waals surface area contributed by atoms with Gasteiger partial charge in [0.25, 0.3) is 0 Å². The summed E-state index contributed by atoms with van der Waals surface area (Å²) in [4.78, 5) is 25.1. The van der Waals surface area contributed by atoms with Gasteiger partial charge in [0.15, 0.2) is 5.82 Å². The highest BCUT2D eigenvalue weighted by Crippen LogP contribution is 2.38. The lowest BCUT2D eigenvalue weighted by molar-refractivity contribution is -0.147. The fourth-order valence-electron chi connectivity index (χ4n) is 5.57. The Hall–Kier alpha value is -1.80. The second-order valence-electron chi connectivity index (χ2n) is 10.1. The third-order valence-electron chi connectivity index (χ3n) is 7.84. The number of likely N-dealkylation sites (tertiary alicyclic amines) is 1. The van der Waals surface area contributed by atoms with Crippen molar-refractivity contribution in [2.24, 2.45) is 17.8 Å². The number of hydrogen-bond acceptors (Lipinski definition) is 6. The summed E-state index contributed by atoms with van der Waals surface area (Å²) in [6, 6.07) is 5.78. The maximum absolute atomic E-state index is 11.2. The molecule has 0 amide bonds. The Morgan fingerprint density at radius 3 is 2.63 bits per heavy atom. The molecule has 2 aromatic rings. The van der Waals surface area contributed by atoms with Crippen molar-refractivity contribution >= 4 is 52.5 Å². The van der Waals surface area contributed by atoms with Crippen LogP contribution in [-0.4, -0.2) is 58.2 Å². The first-order chi connectivity index (χ1) is 16.8. The average molecular weight is 539 g/mol. The lowest BCUT2D eigenvalue weighted by atomic mass is 9.76. The highest BCUT2D eigenvalue weighted by atomic mass is 35.5. The number of nitrogens with zero attached hydrogens (tertiary/aromatic N) is 4. The van der Waals surface area contributed by atoms with Crippen molar-refractivity contribution in [1.82, 2.24) is 14.9 Å². The zero-order valence-corrected chi connectivity index (χ0v) is 21.9. The number of hydrogen-bond donors (Lipinski definition) is 2. The molecule has 2 aliphatic heterocycles. The van der Waals surface area contributed by atoms with Crippen LogP contribution in [-0.2, 0) is 4.79 Å². The molecule has 35 heavy (non-hydrogen) atoms. The minimum absolute atomic E-state index is 0.107. The van der Waals surface area contributed by atoms with Gasteiger partial charge in [0.05, 0.1) is 18.2 Å². The normalized spacial score (nSPS) is 26.1. The van der Waals surface area contributed by atoms with Crippen LogP contribution in [0.5, 0.6) is 0 Å². The van der Waals surface area contributed by atoms with Crippen LogP contribution in [0.3, 0.4) is 0 Å². The van der Waals surface area contributed by atoms with Gasteiger partial charge in [0, 0.05) is 35.7 Å². The molecule has 2 saturated heterocycles. The van der Waals surface area contributed by atoms with Crippen LogP contribution in [0.25, 0.3) is 0 Å². The zero-order chi connectivity index (χ0) is 24.7. The van der Waals surface area contributed by atoms with E-state index in [1.54, 1.807) is 12.3 Å². The highest BCUT2D eigenvalue weighted by molar-refractivity contribution is 6.35. The van der Waals surface area contributed by atoms with E-state index in [-0.39, 0.29) is 12.0 Å². The molecule has 188 valence electrons. The standard InChI is InChI=1S/C25H30Cl3N5O2/c1-14(20-5-4-18(26)9-21(20)27)30-23-22(28)10-29-25(31-23)33-12-17(13-33)15-3-2-6-32(11-15)19-7-16(8-19)24(34)35/h4-5,9-10,14-17,19H,2-3,6-8,11-13H2,1H3,(H,34,35)(H,29,30,31)/t14-,15?,16?,19?/m1/s1. The van der Waals surface area contributed by atoms with Gasteiger partial charge in [0.1, 0.15) is 5.02 Å². The lowest BCUT2D eigenvalue weighted by Gasteiger charge is -2.50. The third-order valence-corrected chi connectivity index (χ3v) is 8.68. The summed E-state index contributed by atoms with van der Waals surface area (Å²) in [5.74, 6) is 1.71. The Labute approximate surface area is 220 Å². The van der Waals surface area contributed by atoms with Crippen LogP contribution in [0.2, 0.25) is 15.1 Å². The number of benzene rings is 1. The molecular formula is C25H30Cl3N5O2. The van der Waals surface area contributed by atoms with Crippen LogP contribution >= 0.6 is 34.8 Å². The number of rotatable bonds is 7. The SMILES string of the molecule is C[C@@H](Nc1nc(N2CC(C3CCCN(C4CC(C(=O)O)C4)C3)C2)ncc1Cl)c1ccc(Cl)cc1Cl. The highest BCUT2D eigenvalue weighted by Gasteiger charge is 2.42. The topological polar surface area (TPSA) is 81.6 Å². The van der Waals surface area contributed by atoms with Crippen LogP contribution < -0.4 is 10.2 Å². The minimum atomic E-state index is -0.646. The smallest absolute Gasteiger partial charge is 0.306 e. The van der Waals surface area contributed by atoms with E-state index in [4.69, 9.17) is 39.8 Å². The van der Waals surface area contributed by atoms with Crippen LogP contribution in [0.4, 0.5) is 11.8 Å². The number of piperidine rings is 1. The quantitative estimate of drug-likeness (QED) is 0.473. The van der Waals surface area contributed by atoms with E-state index >= 15 is 0 Å². The third kappa shape index (κ3) is 5.33. The van der Waals surface area contributed by atoms with Gasteiger partial charge < -0.3 is 20.2 Å². The minimum Gasteiger partial charge on any atom is -0.481 e. The summed E-state index contributed by atoms with van der Waals surface area (Å²) in [5, 5.41) is 14.2. The Kier molecular flexibility index (Phi) is 7.31. The molecule has 1 aliphatic carbocycles. The van der Waals surface area contributed by atoms with Gasteiger partial charge in [-0.05, 0) is 68.7 Å². The van der Waals surface area contributed by atoms with Gasteiger partial charge in [-0.3, -0.25) is 4.79 Å². The lowest BCUT2D eigenvalue weighted by Crippen LogP contribution is -2.56. The molecule has 3 fully saturated rings. The molecule has 7 nitrogen and oxygen atoms in total. The van der Waals surface area contributed by atoms with Crippen molar-refractivity contribution in [2.75, 3.05) is 36.4 Å². The number of aliphatic carboxylic acids is 1. The van der Waals surface area contributed by atoms with Crippen molar-refractivity contribution in [1.29, 1.82) is 0 Å². The van der Waals surface area contributed by atoms with Crippen molar-refractivity contribution in [3.05, 3.63) is 45.0 Å². The second-order valence-corrected chi connectivity index (χ2v) is 11.4. The molecular weight excluding hydrogens is 509 g/mol. The predicted octanol–water partition coefficient (Wildman–Crippen LogP) is 5.62. The summed E-state index contributed by atoms with van der Waals surface area (Å²) in [6.07, 6.45) is 5.66. The van der Waals surface area contributed by atoms with Crippen molar-refractivity contribution in [3.8, 4) is 0 Å². The monoisotopic (exact) mass is 537 g/mol. The van der Waals surface area contributed by atoms with Gasteiger partial charge >= 0.3 is 5.97 Å². The number of anilines is 2. The molecule has 0 spiro atoms. The molecule has 0 radical (unpaired) electrons. The van der Waals surface area contributed by atoms with Crippen LogP contribution in [0, 0.1) is 17.8 Å². The van der Waals surface area contributed by atoms with Crippen LogP contribution in [0.1, 0.15) is 44.2 Å². The summed E-state index contributed by atoms with van der Waals surface area (Å²) in [5.41, 5.74) is 0.916. The van der Waals surface area contributed by atoms with E-state index in [2.05, 4.69) is 20.1 Å². The van der Waals surface area contributed by atoms with Gasteiger partial charge in [0.2, 0.25) is 5.95 Å². The fourth-order valence-corrected chi connectivity index (χ4v) is 6.28. The van der Waals surface area contributed by atoms with Gasteiger partial charge in [-0.1, -0.05) is 40.9 Å². The molecule has 3 aliphatic rings. The maximum Gasteiger partial charge on any atom is 0.306 e. The molecule has 2 N–H and O–H groups in total. The van der Waals surface area contributed by atoms with E-state index in [1.165, 1.54) is 12.8 Å². The van der Waals surface area contributed by atoms with Gasteiger partial charge in [-0.15, -0.1) is 0 Å². The number of carboxylic acid groups (broad SMARTS) is 1. The van der Waals surface area contributed by atoms with Gasteiger partial charge in [-0.2, -0.15) is 4.98 Å². The van der Waals surface area contributed by atoms with Crippen molar-refractivity contribution in [3.63, 3.8) is 0 Å². The molecule has 2 atom stereocenters. The summed E-state index contributed by atoms with van der Waals surface area (Å²) in [7, 11) is 0. The second kappa shape index (κ2) is 10.3. The van der Waals surface area contributed by atoms with E-state index in [0.29, 0.717) is 44.7 Å². The Morgan fingerprint density at radius 1 is 1.14 bits per heavy atom. The number of halogens is 3. The zero-order valence-electron chi connectivity index (χ0n) is 19.6. The van der Waals surface area contributed by atoms with Crippen LogP contribution in [0.15, 0.2) is 24.4 Å². The number of carbonyl (C=O) groups is 1. The van der Waals surface area contributed by atoms with Crippen molar-refractivity contribution in [2.45, 2.75) is 44.7 Å². The Balaban J connectivity index is 1.17. The fraction of sp³-hybridized carbons (Fsp3) is 0.560. The van der Waals surface area contributed by atoms with E-state index in [9.17, 15) is 9.90 Å². The first-order valence-electron chi connectivity index (χ1n) is 12.2. The number of carboxylic acids is 1. The molecule has 5 rings (SSSR count). The molecule has 1 aromatic heterocycles. The number of aromatic nitrogens is 2. The summed E-state index contributed by atoms with van der Waals surface area (Å²) in [6.45, 7) is 6.03. The largest absolute Gasteiger partial charge is 0.481 e. The molecule has 3 heterocycles. The maximum atomic E-state index is 11.2. The van der Waals surface area contributed by atoms with E-state index < -0.39 is 5.97 Å². The summed E-state index contributed by atoms with van der Waals surface area (Å²) < 4.78 is 0. The molecule has 0 bridgehead atoms. The Morgan fingerprint density at radius 2 is 1.91 bits per heavy atom. The Bertz CT molecular complexity index is 1090.